The molecule has 0 aliphatic heterocycles. The fourth-order valence-corrected chi connectivity index (χ4v) is 2.54. The number of alkyl halides is 2. The highest BCUT2D eigenvalue weighted by atomic mass is 19.3. The quantitative estimate of drug-likeness (QED) is 0.888. The maximum absolute atomic E-state index is 13.3. The molecule has 0 aromatic carbocycles. The Morgan fingerprint density at radius 2 is 2.39 bits per heavy atom. The molecular formula is C14H20F2N2. The molecule has 4 heteroatoms. The normalized spacial score (nSPS) is 24.7. The molecule has 0 bridgehead atoms. The zero-order valence-electron chi connectivity index (χ0n) is 10.7. The smallest absolute Gasteiger partial charge is 0.248 e. The van der Waals surface area contributed by atoms with E-state index in [-0.39, 0.29) is 24.8 Å². The molecule has 1 aromatic rings. The number of rotatable bonds is 4. The molecule has 100 valence electrons. The third kappa shape index (κ3) is 3.73. The molecule has 0 spiro atoms. The van der Waals surface area contributed by atoms with Gasteiger partial charge in [-0.1, -0.05) is 6.07 Å². The van der Waals surface area contributed by atoms with E-state index in [0.29, 0.717) is 13.0 Å². The highest BCUT2D eigenvalue weighted by Gasteiger charge is 2.35. The second-order valence-corrected chi connectivity index (χ2v) is 5.23. The average Bonchev–Trinajstić information content (AvgIpc) is 2.36. The first-order valence-corrected chi connectivity index (χ1v) is 6.58. The Labute approximate surface area is 107 Å². The van der Waals surface area contributed by atoms with E-state index >= 15 is 0 Å². The minimum absolute atomic E-state index is 0.0275. The number of pyridine rings is 1. The van der Waals surface area contributed by atoms with E-state index in [0.717, 1.165) is 12.0 Å². The Bertz CT molecular complexity index is 367. The van der Waals surface area contributed by atoms with Crippen molar-refractivity contribution in [3.63, 3.8) is 0 Å². The van der Waals surface area contributed by atoms with Crippen LogP contribution in [0.25, 0.3) is 0 Å². The standard InChI is InChI=1S/C14H20F2N2/c1-11(13-5-3-7-17-10-13)18-9-12-4-2-6-14(15,16)8-12/h3,5,7,10-12,18H,2,4,6,8-9H2,1H3. The lowest BCUT2D eigenvalue weighted by Crippen LogP contribution is -2.33. The molecule has 1 saturated carbocycles. The molecule has 1 aliphatic rings. The molecule has 18 heavy (non-hydrogen) atoms. The predicted molar refractivity (Wildman–Crippen MR) is 67.6 cm³/mol. The SMILES string of the molecule is CC(NCC1CCCC(F)(F)C1)c1cccnc1. The van der Waals surface area contributed by atoms with Crippen molar-refractivity contribution in [1.82, 2.24) is 10.3 Å². The summed E-state index contributed by atoms with van der Waals surface area (Å²) in [6.07, 6.45) is 5.18. The van der Waals surface area contributed by atoms with E-state index in [2.05, 4.69) is 10.3 Å². The van der Waals surface area contributed by atoms with Crippen LogP contribution in [0.1, 0.15) is 44.2 Å². The monoisotopic (exact) mass is 254 g/mol. The molecule has 1 heterocycles. The van der Waals surface area contributed by atoms with Gasteiger partial charge in [0.2, 0.25) is 5.92 Å². The van der Waals surface area contributed by atoms with Gasteiger partial charge in [-0.3, -0.25) is 4.98 Å². The summed E-state index contributed by atoms with van der Waals surface area (Å²) >= 11 is 0. The van der Waals surface area contributed by atoms with Crippen LogP contribution in [-0.4, -0.2) is 17.5 Å². The lowest BCUT2D eigenvalue weighted by Gasteiger charge is -2.30. The van der Waals surface area contributed by atoms with Crippen LogP contribution in [0.3, 0.4) is 0 Å². The van der Waals surface area contributed by atoms with E-state index in [1.165, 1.54) is 0 Å². The fraction of sp³-hybridized carbons (Fsp3) is 0.643. The zero-order chi connectivity index (χ0) is 13.0. The Morgan fingerprint density at radius 1 is 1.56 bits per heavy atom. The molecule has 0 amide bonds. The van der Waals surface area contributed by atoms with Gasteiger partial charge in [-0.15, -0.1) is 0 Å². The molecule has 0 saturated heterocycles. The lowest BCUT2D eigenvalue weighted by atomic mass is 9.86. The maximum atomic E-state index is 13.3. The number of nitrogens with zero attached hydrogens (tertiary/aromatic N) is 1. The van der Waals surface area contributed by atoms with Crippen molar-refractivity contribution in [1.29, 1.82) is 0 Å². The van der Waals surface area contributed by atoms with Crippen LogP contribution < -0.4 is 5.32 Å². The molecule has 1 aliphatic carbocycles. The summed E-state index contributed by atoms with van der Waals surface area (Å²) in [5.41, 5.74) is 1.10. The Morgan fingerprint density at radius 3 is 3.06 bits per heavy atom. The van der Waals surface area contributed by atoms with Gasteiger partial charge < -0.3 is 5.32 Å². The van der Waals surface area contributed by atoms with Gasteiger partial charge in [0.15, 0.2) is 0 Å². The van der Waals surface area contributed by atoms with Crippen molar-refractivity contribution in [2.24, 2.45) is 5.92 Å². The Balaban J connectivity index is 1.81. The van der Waals surface area contributed by atoms with Crippen molar-refractivity contribution in [3.05, 3.63) is 30.1 Å². The third-order valence-corrected chi connectivity index (χ3v) is 3.64. The van der Waals surface area contributed by atoms with Gasteiger partial charge in [-0.2, -0.15) is 0 Å². The molecule has 1 fully saturated rings. The number of hydrogen-bond acceptors (Lipinski definition) is 2. The molecule has 1 aromatic heterocycles. The first-order valence-electron chi connectivity index (χ1n) is 6.58. The molecule has 2 nitrogen and oxygen atoms in total. The second kappa shape index (κ2) is 5.74. The molecule has 0 radical (unpaired) electrons. The molecule has 2 unspecified atom stereocenters. The summed E-state index contributed by atoms with van der Waals surface area (Å²) in [6, 6.07) is 4.05. The van der Waals surface area contributed by atoms with Crippen LogP contribution >= 0.6 is 0 Å². The van der Waals surface area contributed by atoms with Gasteiger partial charge in [-0.25, -0.2) is 8.78 Å². The number of aromatic nitrogens is 1. The van der Waals surface area contributed by atoms with Crippen molar-refractivity contribution in [2.45, 2.75) is 44.6 Å². The Hall–Kier alpha value is -1.03. The van der Waals surface area contributed by atoms with E-state index in [4.69, 9.17) is 0 Å². The minimum Gasteiger partial charge on any atom is -0.310 e. The van der Waals surface area contributed by atoms with E-state index < -0.39 is 5.92 Å². The van der Waals surface area contributed by atoms with Crippen LogP contribution in [-0.2, 0) is 0 Å². The summed E-state index contributed by atoms with van der Waals surface area (Å²) in [4.78, 5) is 4.06. The highest BCUT2D eigenvalue weighted by molar-refractivity contribution is 5.12. The molecule has 2 rings (SSSR count). The minimum atomic E-state index is -2.46. The number of halogens is 2. The highest BCUT2D eigenvalue weighted by Crippen LogP contribution is 2.36. The fourth-order valence-electron chi connectivity index (χ4n) is 2.54. The summed E-state index contributed by atoms with van der Waals surface area (Å²) in [7, 11) is 0. The summed E-state index contributed by atoms with van der Waals surface area (Å²) < 4.78 is 26.5. The Kier molecular flexibility index (Phi) is 4.27. The van der Waals surface area contributed by atoms with Crippen LogP contribution in [0.5, 0.6) is 0 Å². The first-order chi connectivity index (χ1) is 8.57. The van der Waals surface area contributed by atoms with Gasteiger partial charge in [0.05, 0.1) is 0 Å². The lowest BCUT2D eigenvalue weighted by molar-refractivity contribution is -0.0522. The van der Waals surface area contributed by atoms with E-state index in [1.54, 1.807) is 6.20 Å². The third-order valence-electron chi connectivity index (χ3n) is 3.64. The van der Waals surface area contributed by atoms with Gasteiger partial charge in [0, 0.05) is 31.3 Å². The van der Waals surface area contributed by atoms with Crippen LogP contribution in [0.15, 0.2) is 24.5 Å². The molecular weight excluding hydrogens is 234 g/mol. The van der Waals surface area contributed by atoms with E-state index in [9.17, 15) is 8.78 Å². The maximum Gasteiger partial charge on any atom is 0.248 e. The summed E-state index contributed by atoms with van der Waals surface area (Å²) in [5, 5.41) is 3.33. The van der Waals surface area contributed by atoms with Crippen molar-refractivity contribution in [3.8, 4) is 0 Å². The van der Waals surface area contributed by atoms with Gasteiger partial charge in [0.1, 0.15) is 0 Å². The van der Waals surface area contributed by atoms with E-state index in [1.807, 2.05) is 25.3 Å². The largest absolute Gasteiger partial charge is 0.310 e. The van der Waals surface area contributed by atoms with Gasteiger partial charge >= 0.3 is 0 Å². The van der Waals surface area contributed by atoms with Gasteiger partial charge in [-0.05, 0) is 43.9 Å². The second-order valence-electron chi connectivity index (χ2n) is 5.23. The first kappa shape index (κ1) is 13.4. The van der Waals surface area contributed by atoms with Crippen LogP contribution in [0.2, 0.25) is 0 Å². The van der Waals surface area contributed by atoms with Crippen molar-refractivity contribution >= 4 is 0 Å². The predicted octanol–water partition coefficient (Wildman–Crippen LogP) is 3.56. The van der Waals surface area contributed by atoms with Crippen LogP contribution in [0, 0.1) is 5.92 Å². The topological polar surface area (TPSA) is 24.9 Å². The molecule has 2 atom stereocenters. The van der Waals surface area contributed by atoms with Crippen LogP contribution in [0.4, 0.5) is 8.78 Å². The van der Waals surface area contributed by atoms with Gasteiger partial charge in [0.25, 0.3) is 0 Å². The zero-order valence-corrected chi connectivity index (χ0v) is 10.7. The average molecular weight is 254 g/mol. The number of hydrogen-bond donors (Lipinski definition) is 1. The van der Waals surface area contributed by atoms with Crippen molar-refractivity contribution < 1.29 is 8.78 Å². The number of nitrogens with one attached hydrogen (secondary N) is 1. The van der Waals surface area contributed by atoms with Crippen molar-refractivity contribution in [2.75, 3.05) is 6.54 Å². The molecule has 1 N–H and O–H groups in total. The summed E-state index contributed by atoms with van der Waals surface area (Å²) in [5.74, 6) is -2.37. The summed E-state index contributed by atoms with van der Waals surface area (Å²) in [6.45, 7) is 2.70.